The Morgan fingerprint density at radius 2 is 1.80 bits per heavy atom. The minimum absolute atomic E-state index is 0.182. The molecule has 0 saturated heterocycles. The second kappa shape index (κ2) is 10.5. The largest absolute Gasteiger partial charge is 0.324 e. The Morgan fingerprint density at radius 3 is 2.53 bits per heavy atom. The number of carbonyl (C=O) groups excluding carboxylic acids is 2. The summed E-state index contributed by atoms with van der Waals surface area (Å²) in [4.78, 5) is 26.6. The SMILES string of the molecule is CCCN(CCC(=O)Nc1nnc(-c2ccccc2)s1)C(=O)Nc1cccc(C)c1. The number of anilines is 2. The van der Waals surface area contributed by atoms with E-state index in [1.165, 1.54) is 11.3 Å². The first-order valence-corrected chi connectivity index (χ1v) is 10.7. The van der Waals surface area contributed by atoms with Crippen molar-refractivity contribution in [2.45, 2.75) is 26.7 Å². The van der Waals surface area contributed by atoms with E-state index in [-0.39, 0.29) is 18.4 Å². The van der Waals surface area contributed by atoms with Crippen LogP contribution in [0.5, 0.6) is 0 Å². The van der Waals surface area contributed by atoms with Gasteiger partial charge in [-0.2, -0.15) is 0 Å². The van der Waals surface area contributed by atoms with E-state index in [9.17, 15) is 9.59 Å². The van der Waals surface area contributed by atoms with Crippen molar-refractivity contribution in [3.05, 3.63) is 60.2 Å². The van der Waals surface area contributed by atoms with Gasteiger partial charge in [0.25, 0.3) is 0 Å². The Morgan fingerprint density at radius 1 is 1.00 bits per heavy atom. The van der Waals surface area contributed by atoms with Crippen molar-refractivity contribution >= 4 is 34.1 Å². The van der Waals surface area contributed by atoms with E-state index < -0.39 is 0 Å². The number of aromatic nitrogens is 2. The minimum atomic E-state index is -0.211. The van der Waals surface area contributed by atoms with Crippen molar-refractivity contribution in [2.24, 2.45) is 0 Å². The highest BCUT2D eigenvalue weighted by molar-refractivity contribution is 7.18. The lowest BCUT2D eigenvalue weighted by Gasteiger charge is -2.22. The Bertz CT molecular complexity index is 990. The van der Waals surface area contributed by atoms with Gasteiger partial charge in [0, 0.05) is 30.8 Å². The predicted octanol–water partition coefficient (Wildman–Crippen LogP) is 4.79. The zero-order valence-corrected chi connectivity index (χ0v) is 17.9. The van der Waals surface area contributed by atoms with Gasteiger partial charge in [0.2, 0.25) is 11.0 Å². The van der Waals surface area contributed by atoms with E-state index in [0.29, 0.717) is 18.2 Å². The Hall–Kier alpha value is -3.26. The molecule has 2 aromatic carbocycles. The molecule has 3 amide bonds. The topological polar surface area (TPSA) is 87.2 Å². The van der Waals surface area contributed by atoms with Gasteiger partial charge in [-0.15, -0.1) is 10.2 Å². The number of carbonyl (C=O) groups is 2. The Kier molecular flexibility index (Phi) is 7.51. The molecule has 0 radical (unpaired) electrons. The number of benzene rings is 2. The first-order valence-electron chi connectivity index (χ1n) is 9.86. The fourth-order valence-electron chi connectivity index (χ4n) is 2.90. The van der Waals surface area contributed by atoms with Gasteiger partial charge < -0.3 is 15.5 Å². The summed E-state index contributed by atoms with van der Waals surface area (Å²) in [6.07, 6.45) is 0.987. The smallest absolute Gasteiger partial charge is 0.321 e. The summed E-state index contributed by atoms with van der Waals surface area (Å²) < 4.78 is 0. The van der Waals surface area contributed by atoms with Crippen LogP contribution in [0.3, 0.4) is 0 Å². The van der Waals surface area contributed by atoms with Crippen molar-refractivity contribution in [1.82, 2.24) is 15.1 Å². The first-order chi connectivity index (χ1) is 14.5. The molecule has 156 valence electrons. The molecule has 0 aliphatic rings. The standard InChI is InChI=1S/C22H25N5O2S/c1-3-13-27(22(29)23-18-11-7-8-16(2)15-18)14-12-19(28)24-21-26-25-20(30-21)17-9-5-4-6-10-17/h4-11,15H,3,12-14H2,1-2H3,(H,23,29)(H,24,26,28). The number of nitrogens with one attached hydrogen (secondary N) is 2. The van der Waals surface area contributed by atoms with Crippen molar-refractivity contribution in [1.29, 1.82) is 0 Å². The molecule has 1 aromatic heterocycles. The summed E-state index contributed by atoms with van der Waals surface area (Å²) in [6.45, 7) is 4.86. The molecule has 0 aliphatic carbocycles. The van der Waals surface area contributed by atoms with Gasteiger partial charge in [0.15, 0.2) is 0 Å². The molecule has 3 rings (SSSR count). The molecule has 0 saturated carbocycles. The summed E-state index contributed by atoms with van der Waals surface area (Å²) in [7, 11) is 0. The van der Waals surface area contributed by atoms with Crippen LogP contribution in [-0.4, -0.2) is 40.1 Å². The quantitative estimate of drug-likeness (QED) is 0.545. The average molecular weight is 424 g/mol. The summed E-state index contributed by atoms with van der Waals surface area (Å²) in [5.41, 5.74) is 2.77. The number of amides is 3. The second-order valence-electron chi connectivity index (χ2n) is 6.86. The molecular formula is C22H25N5O2S. The molecule has 0 fully saturated rings. The zero-order valence-electron chi connectivity index (χ0n) is 17.1. The van der Waals surface area contributed by atoms with Crippen LogP contribution in [0.1, 0.15) is 25.3 Å². The highest BCUT2D eigenvalue weighted by Gasteiger charge is 2.16. The van der Waals surface area contributed by atoms with Crippen LogP contribution in [0.4, 0.5) is 15.6 Å². The van der Waals surface area contributed by atoms with Gasteiger partial charge in [-0.1, -0.05) is 60.7 Å². The van der Waals surface area contributed by atoms with Crippen LogP contribution in [0.25, 0.3) is 10.6 Å². The summed E-state index contributed by atoms with van der Waals surface area (Å²) in [6, 6.07) is 17.1. The molecule has 0 bridgehead atoms. The monoisotopic (exact) mass is 423 g/mol. The normalized spacial score (nSPS) is 10.5. The number of aryl methyl sites for hydroxylation is 1. The third-order valence-corrected chi connectivity index (χ3v) is 5.24. The summed E-state index contributed by atoms with van der Waals surface area (Å²) >= 11 is 1.32. The van der Waals surface area contributed by atoms with Crippen LogP contribution in [0, 0.1) is 6.92 Å². The zero-order chi connectivity index (χ0) is 21.3. The van der Waals surface area contributed by atoms with Crippen molar-refractivity contribution < 1.29 is 9.59 Å². The average Bonchev–Trinajstić information content (AvgIpc) is 3.20. The molecule has 1 heterocycles. The van der Waals surface area contributed by atoms with Crippen LogP contribution < -0.4 is 10.6 Å². The molecule has 8 heteroatoms. The molecule has 0 spiro atoms. The van der Waals surface area contributed by atoms with E-state index in [1.807, 2.05) is 68.4 Å². The molecular weight excluding hydrogens is 398 g/mol. The number of rotatable bonds is 8. The third kappa shape index (κ3) is 6.12. The van der Waals surface area contributed by atoms with Gasteiger partial charge in [-0.3, -0.25) is 4.79 Å². The van der Waals surface area contributed by atoms with Crippen LogP contribution in [0.2, 0.25) is 0 Å². The lowest BCUT2D eigenvalue weighted by Crippen LogP contribution is -2.37. The lowest BCUT2D eigenvalue weighted by molar-refractivity contribution is -0.116. The van der Waals surface area contributed by atoms with Gasteiger partial charge >= 0.3 is 6.03 Å². The number of nitrogens with zero attached hydrogens (tertiary/aromatic N) is 3. The van der Waals surface area contributed by atoms with Gasteiger partial charge in [0.05, 0.1) is 0 Å². The predicted molar refractivity (Wildman–Crippen MR) is 121 cm³/mol. The first kappa shape index (κ1) is 21.4. The maximum absolute atomic E-state index is 12.6. The van der Waals surface area contributed by atoms with E-state index in [4.69, 9.17) is 0 Å². The fourth-order valence-corrected chi connectivity index (χ4v) is 3.66. The maximum Gasteiger partial charge on any atom is 0.321 e. The molecule has 7 nitrogen and oxygen atoms in total. The Balaban J connectivity index is 1.53. The van der Waals surface area contributed by atoms with Crippen LogP contribution in [-0.2, 0) is 4.79 Å². The minimum Gasteiger partial charge on any atom is -0.324 e. The number of urea groups is 1. The molecule has 30 heavy (non-hydrogen) atoms. The Labute approximate surface area is 180 Å². The summed E-state index contributed by atoms with van der Waals surface area (Å²) in [5.74, 6) is -0.199. The van der Waals surface area contributed by atoms with Gasteiger partial charge in [-0.25, -0.2) is 4.79 Å². The van der Waals surface area contributed by atoms with Crippen LogP contribution >= 0.6 is 11.3 Å². The molecule has 0 unspecified atom stereocenters. The van der Waals surface area contributed by atoms with E-state index in [2.05, 4.69) is 20.8 Å². The second-order valence-corrected chi connectivity index (χ2v) is 7.84. The summed E-state index contributed by atoms with van der Waals surface area (Å²) in [5, 5.41) is 15.0. The van der Waals surface area contributed by atoms with Crippen molar-refractivity contribution in [3.8, 4) is 10.6 Å². The van der Waals surface area contributed by atoms with E-state index in [1.54, 1.807) is 4.90 Å². The maximum atomic E-state index is 12.6. The van der Waals surface area contributed by atoms with Crippen molar-refractivity contribution in [3.63, 3.8) is 0 Å². The van der Waals surface area contributed by atoms with Crippen LogP contribution in [0.15, 0.2) is 54.6 Å². The molecule has 0 atom stereocenters. The molecule has 3 aromatic rings. The van der Waals surface area contributed by atoms with E-state index in [0.717, 1.165) is 28.2 Å². The molecule has 0 aliphatic heterocycles. The van der Waals surface area contributed by atoms with E-state index >= 15 is 0 Å². The number of hydrogen-bond acceptors (Lipinski definition) is 5. The van der Waals surface area contributed by atoms with Crippen molar-refractivity contribution in [2.75, 3.05) is 23.7 Å². The number of hydrogen-bond donors (Lipinski definition) is 2. The highest BCUT2D eigenvalue weighted by Crippen LogP contribution is 2.25. The van der Waals surface area contributed by atoms with Gasteiger partial charge in [0.1, 0.15) is 5.01 Å². The lowest BCUT2D eigenvalue weighted by atomic mass is 10.2. The third-order valence-electron chi connectivity index (χ3n) is 4.35. The fraction of sp³-hybridized carbons (Fsp3) is 0.273. The molecule has 2 N–H and O–H groups in total. The highest BCUT2D eigenvalue weighted by atomic mass is 32.1. The van der Waals surface area contributed by atoms with Gasteiger partial charge in [-0.05, 0) is 31.0 Å².